The lowest BCUT2D eigenvalue weighted by molar-refractivity contribution is -0.130. The van der Waals surface area contributed by atoms with Crippen LogP contribution in [0.2, 0.25) is 9.36 Å². The van der Waals surface area contributed by atoms with Gasteiger partial charge in [0.25, 0.3) is 5.91 Å². The Morgan fingerprint density at radius 2 is 2.00 bits per heavy atom. The number of ether oxygens (including phenoxy) is 3. The number of esters is 1. The molecule has 0 saturated heterocycles. The monoisotopic (exact) mass is 418 g/mol. The molecule has 1 amide bonds. The summed E-state index contributed by atoms with van der Waals surface area (Å²) in [7, 11) is 2.97. The number of amides is 1. The number of para-hydroxylation sites is 1. The number of aromatic nitrogens is 1. The minimum Gasteiger partial charge on any atom is -0.496 e. The maximum atomic E-state index is 12.6. The number of rotatable bonds is 8. The van der Waals surface area contributed by atoms with Gasteiger partial charge in [-0.3, -0.25) is 4.79 Å². The Balaban J connectivity index is 2.29. The van der Waals surface area contributed by atoms with Crippen LogP contribution >= 0.6 is 34.7 Å². The van der Waals surface area contributed by atoms with Gasteiger partial charge in [0.1, 0.15) is 15.1 Å². The minimum atomic E-state index is -1.26. The second-order valence-electron chi connectivity index (χ2n) is 4.93. The Morgan fingerprint density at radius 1 is 1.27 bits per heavy atom. The first-order chi connectivity index (χ1) is 12.5. The zero-order chi connectivity index (χ0) is 19.1. The summed E-state index contributed by atoms with van der Waals surface area (Å²) in [5, 5.41) is 2.62. The van der Waals surface area contributed by atoms with Crippen LogP contribution in [-0.2, 0) is 14.3 Å². The number of halogens is 2. The normalized spacial score (nSPS) is 11.7. The summed E-state index contributed by atoms with van der Waals surface area (Å²) in [5.41, 5.74) is 0.238. The molecule has 1 heterocycles. The van der Waals surface area contributed by atoms with Gasteiger partial charge < -0.3 is 19.5 Å². The van der Waals surface area contributed by atoms with Crippen LogP contribution in [0.3, 0.4) is 0 Å². The van der Waals surface area contributed by atoms with Crippen molar-refractivity contribution in [2.45, 2.75) is 6.10 Å². The van der Waals surface area contributed by atoms with E-state index in [4.69, 9.17) is 37.4 Å². The predicted octanol–water partition coefficient (Wildman–Crippen LogP) is 3.12. The van der Waals surface area contributed by atoms with E-state index in [2.05, 4.69) is 9.69 Å². The van der Waals surface area contributed by atoms with Crippen LogP contribution in [0.5, 0.6) is 5.75 Å². The molecule has 1 aromatic carbocycles. The number of methoxy groups -OCH3 is 2. The largest absolute Gasteiger partial charge is 0.496 e. The molecule has 2 rings (SSSR count). The highest BCUT2D eigenvalue weighted by Crippen LogP contribution is 2.32. The molecule has 10 heteroatoms. The average Bonchev–Trinajstić information content (AvgIpc) is 2.98. The highest BCUT2D eigenvalue weighted by molar-refractivity contribution is 7.11. The van der Waals surface area contributed by atoms with E-state index in [9.17, 15) is 9.59 Å². The Labute approximate surface area is 164 Å². The molecule has 26 heavy (non-hydrogen) atoms. The number of benzene rings is 1. The fourth-order valence-electron chi connectivity index (χ4n) is 2.06. The molecule has 1 unspecified atom stereocenters. The first-order valence-electron chi connectivity index (χ1n) is 7.40. The highest BCUT2D eigenvalue weighted by Gasteiger charge is 2.30. The van der Waals surface area contributed by atoms with Gasteiger partial charge in [0.05, 0.1) is 13.7 Å². The molecule has 0 aliphatic carbocycles. The predicted molar refractivity (Wildman–Crippen MR) is 98.2 cm³/mol. The molecular formula is C16H16Cl2N2O5S. The lowest BCUT2D eigenvalue weighted by atomic mass is 10.1. The van der Waals surface area contributed by atoms with Crippen molar-refractivity contribution in [3.63, 3.8) is 0 Å². The Bertz CT molecular complexity index is 784. The molecule has 0 saturated carbocycles. The van der Waals surface area contributed by atoms with Crippen molar-refractivity contribution in [2.75, 3.05) is 27.4 Å². The summed E-state index contributed by atoms with van der Waals surface area (Å²) in [6.07, 6.45) is -1.26. The second kappa shape index (κ2) is 9.72. The van der Waals surface area contributed by atoms with Crippen molar-refractivity contribution in [3.8, 4) is 5.75 Å². The molecule has 2 aromatic rings. The summed E-state index contributed by atoms with van der Waals surface area (Å²) in [6, 6.07) is 6.72. The van der Waals surface area contributed by atoms with Gasteiger partial charge in [-0.1, -0.05) is 41.4 Å². The van der Waals surface area contributed by atoms with Crippen LogP contribution in [0.15, 0.2) is 24.3 Å². The van der Waals surface area contributed by atoms with E-state index in [0.29, 0.717) is 17.9 Å². The Hall–Kier alpha value is -1.87. The molecule has 0 bridgehead atoms. The van der Waals surface area contributed by atoms with E-state index in [-0.39, 0.29) is 21.6 Å². The van der Waals surface area contributed by atoms with Crippen molar-refractivity contribution in [1.29, 1.82) is 0 Å². The van der Waals surface area contributed by atoms with Crippen molar-refractivity contribution in [3.05, 3.63) is 44.9 Å². The van der Waals surface area contributed by atoms with Crippen LogP contribution in [0.25, 0.3) is 0 Å². The van der Waals surface area contributed by atoms with Crippen LogP contribution < -0.4 is 10.1 Å². The van der Waals surface area contributed by atoms with Gasteiger partial charge in [0, 0.05) is 19.2 Å². The molecule has 7 nitrogen and oxygen atoms in total. The van der Waals surface area contributed by atoms with Crippen LogP contribution in [-0.4, -0.2) is 43.6 Å². The van der Waals surface area contributed by atoms with E-state index in [0.717, 1.165) is 11.5 Å². The van der Waals surface area contributed by atoms with Gasteiger partial charge >= 0.3 is 5.97 Å². The second-order valence-corrected chi connectivity index (χ2v) is 6.68. The smallest absolute Gasteiger partial charge is 0.360 e. The summed E-state index contributed by atoms with van der Waals surface area (Å²) in [4.78, 5) is 25.0. The third-order valence-electron chi connectivity index (χ3n) is 3.28. The maximum Gasteiger partial charge on any atom is 0.360 e. The van der Waals surface area contributed by atoms with Gasteiger partial charge in [0.15, 0.2) is 5.69 Å². The minimum absolute atomic E-state index is 0.0137. The molecule has 0 radical (unpaired) electrons. The zero-order valence-electron chi connectivity index (χ0n) is 14.0. The summed E-state index contributed by atoms with van der Waals surface area (Å²) in [5.74, 6) is -0.997. The molecule has 140 valence electrons. The molecule has 0 fully saturated rings. The Kier molecular flexibility index (Phi) is 7.65. The third-order valence-corrected chi connectivity index (χ3v) is 4.89. The number of hydrogen-bond acceptors (Lipinski definition) is 7. The van der Waals surface area contributed by atoms with Crippen LogP contribution in [0.1, 0.15) is 22.2 Å². The maximum absolute atomic E-state index is 12.6. The summed E-state index contributed by atoms with van der Waals surface area (Å²) >= 11 is 12.6. The number of nitrogens with zero attached hydrogens (tertiary/aromatic N) is 1. The van der Waals surface area contributed by atoms with Gasteiger partial charge in [0.2, 0.25) is 6.10 Å². The molecule has 0 aliphatic heterocycles. The molecular weight excluding hydrogens is 403 g/mol. The lowest BCUT2D eigenvalue weighted by Gasteiger charge is -2.19. The van der Waals surface area contributed by atoms with E-state index < -0.39 is 18.0 Å². The van der Waals surface area contributed by atoms with Crippen molar-refractivity contribution in [1.82, 2.24) is 9.69 Å². The number of nitrogens with one attached hydrogen (secondary N) is 1. The van der Waals surface area contributed by atoms with E-state index in [1.54, 1.807) is 24.3 Å². The van der Waals surface area contributed by atoms with Crippen molar-refractivity contribution in [2.24, 2.45) is 0 Å². The number of carbonyl (C=O) groups excluding carboxylic acids is 2. The summed E-state index contributed by atoms with van der Waals surface area (Å²) < 4.78 is 19.6. The lowest BCUT2D eigenvalue weighted by Crippen LogP contribution is -2.34. The highest BCUT2D eigenvalue weighted by atomic mass is 35.5. The zero-order valence-corrected chi connectivity index (χ0v) is 16.3. The molecule has 0 spiro atoms. The van der Waals surface area contributed by atoms with Gasteiger partial charge in [-0.15, -0.1) is 0 Å². The third kappa shape index (κ3) is 4.85. The fourth-order valence-corrected chi connectivity index (χ4v) is 3.04. The molecule has 1 N–H and O–H groups in total. The summed E-state index contributed by atoms with van der Waals surface area (Å²) in [6.45, 7) is 0.563. The molecule has 1 atom stereocenters. The topological polar surface area (TPSA) is 86.8 Å². The van der Waals surface area contributed by atoms with Gasteiger partial charge in [-0.2, -0.15) is 4.37 Å². The van der Waals surface area contributed by atoms with E-state index in [1.165, 1.54) is 14.2 Å². The van der Waals surface area contributed by atoms with Crippen molar-refractivity contribution < 1.29 is 23.8 Å². The first-order valence-corrected chi connectivity index (χ1v) is 8.93. The van der Waals surface area contributed by atoms with Gasteiger partial charge in [-0.05, 0) is 17.6 Å². The number of carbonyl (C=O) groups is 2. The van der Waals surface area contributed by atoms with Gasteiger partial charge in [-0.25, -0.2) is 4.79 Å². The number of hydrogen-bond donors (Lipinski definition) is 1. The van der Waals surface area contributed by atoms with E-state index >= 15 is 0 Å². The fraction of sp³-hybridized carbons (Fsp3) is 0.312. The molecule has 0 aliphatic rings. The quantitative estimate of drug-likeness (QED) is 0.523. The SMILES string of the molecule is COCCNC(=O)C(OC(=O)c1nsc(Cl)c1Cl)c1ccccc1OC. The van der Waals surface area contributed by atoms with Crippen LogP contribution in [0.4, 0.5) is 0 Å². The Morgan fingerprint density at radius 3 is 2.62 bits per heavy atom. The molecule has 1 aromatic heterocycles. The average molecular weight is 419 g/mol. The van der Waals surface area contributed by atoms with Crippen LogP contribution in [0, 0.1) is 0 Å². The first kappa shape index (κ1) is 20.4. The van der Waals surface area contributed by atoms with E-state index in [1.807, 2.05) is 0 Å². The standard InChI is InChI=1S/C16H16Cl2N2O5S/c1-23-8-7-19-15(21)13(9-5-3-4-6-10(9)24-2)25-16(22)12-11(17)14(18)26-20-12/h3-6,13H,7-8H2,1-2H3,(H,19,21). The van der Waals surface area contributed by atoms with Crippen molar-refractivity contribution >= 4 is 46.6 Å².